The zero-order valence-electron chi connectivity index (χ0n) is 12.3. The lowest BCUT2D eigenvalue weighted by Crippen LogP contribution is -2.22. The van der Waals surface area contributed by atoms with Gasteiger partial charge in [0.05, 0.1) is 0 Å². The van der Waals surface area contributed by atoms with Crippen molar-refractivity contribution in [2.24, 2.45) is 17.6 Å². The van der Waals surface area contributed by atoms with Crippen molar-refractivity contribution in [2.75, 3.05) is 11.9 Å². The van der Waals surface area contributed by atoms with Crippen molar-refractivity contribution < 1.29 is 8.78 Å². The molecule has 0 aliphatic heterocycles. The van der Waals surface area contributed by atoms with E-state index >= 15 is 0 Å². The number of halogens is 2. The third-order valence-corrected chi connectivity index (χ3v) is 4.67. The Labute approximate surface area is 130 Å². The monoisotopic (exact) mass is 312 g/mol. The van der Waals surface area contributed by atoms with Crippen molar-refractivity contribution in [3.05, 3.63) is 29.3 Å². The maximum atomic E-state index is 13.9. The van der Waals surface area contributed by atoms with Crippen LogP contribution >= 0.6 is 12.2 Å². The molecule has 0 radical (unpaired) electrons. The van der Waals surface area contributed by atoms with Crippen LogP contribution in [0.5, 0.6) is 0 Å². The number of nitrogens with two attached hydrogens (primary N) is 1. The SMILES string of the molecule is CCC1CCC(CNc2c(F)cc(C(N)=S)cc2F)CC1. The van der Waals surface area contributed by atoms with Crippen LogP contribution in [0, 0.1) is 23.5 Å². The van der Waals surface area contributed by atoms with Crippen LogP contribution in [0.15, 0.2) is 12.1 Å². The Morgan fingerprint density at radius 3 is 2.19 bits per heavy atom. The molecule has 1 fully saturated rings. The first-order chi connectivity index (χ1) is 10.0. The van der Waals surface area contributed by atoms with Crippen LogP contribution in [-0.2, 0) is 0 Å². The molecule has 3 N–H and O–H groups in total. The summed E-state index contributed by atoms with van der Waals surface area (Å²) in [5, 5.41) is 2.92. The zero-order valence-corrected chi connectivity index (χ0v) is 13.1. The lowest BCUT2D eigenvalue weighted by Gasteiger charge is -2.28. The summed E-state index contributed by atoms with van der Waals surface area (Å²) in [7, 11) is 0. The quantitative estimate of drug-likeness (QED) is 0.799. The number of anilines is 1. The molecule has 0 unspecified atom stereocenters. The molecule has 2 nitrogen and oxygen atoms in total. The van der Waals surface area contributed by atoms with Gasteiger partial charge in [-0.3, -0.25) is 0 Å². The Morgan fingerprint density at radius 1 is 1.19 bits per heavy atom. The number of nitrogens with one attached hydrogen (secondary N) is 1. The van der Waals surface area contributed by atoms with E-state index in [4.69, 9.17) is 18.0 Å². The minimum absolute atomic E-state index is 0.00256. The normalized spacial score (nSPS) is 22.0. The van der Waals surface area contributed by atoms with Crippen LogP contribution < -0.4 is 11.1 Å². The van der Waals surface area contributed by atoms with E-state index in [0.29, 0.717) is 12.5 Å². The van der Waals surface area contributed by atoms with Gasteiger partial charge >= 0.3 is 0 Å². The van der Waals surface area contributed by atoms with Crippen molar-refractivity contribution in [3.8, 4) is 0 Å². The van der Waals surface area contributed by atoms with E-state index in [1.165, 1.54) is 31.4 Å². The first-order valence-corrected chi connectivity index (χ1v) is 7.94. The molecule has 0 spiro atoms. The van der Waals surface area contributed by atoms with Gasteiger partial charge in [-0.2, -0.15) is 0 Å². The van der Waals surface area contributed by atoms with Crippen molar-refractivity contribution in [3.63, 3.8) is 0 Å². The molecule has 2 rings (SSSR count). The summed E-state index contributed by atoms with van der Waals surface area (Å²) >= 11 is 4.74. The van der Waals surface area contributed by atoms with Crippen LogP contribution in [0.4, 0.5) is 14.5 Å². The third-order valence-electron chi connectivity index (χ3n) is 4.44. The molecule has 1 aliphatic rings. The van der Waals surface area contributed by atoms with Gasteiger partial charge in [0.2, 0.25) is 0 Å². The summed E-state index contributed by atoms with van der Waals surface area (Å²) in [5.74, 6) is 0.0292. The lowest BCUT2D eigenvalue weighted by atomic mass is 9.81. The van der Waals surface area contributed by atoms with E-state index in [1.54, 1.807) is 0 Å². The Morgan fingerprint density at radius 2 is 1.71 bits per heavy atom. The standard InChI is InChI=1S/C16H22F2N2S/c1-2-10-3-5-11(6-4-10)9-20-15-13(17)7-12(16(19)21)8-14(15)18/h7-8,10-11,20H,2-6,9H2,1H3,(H2,19,21). The molecule has 5 heteroatoms. The molecular weight excluding hydrogens is 290 g/mol. The second-order valence-corrected chi connectivity index (χ2v) is 6.29. The molecule has 0 atom stereocenters. The second kappa shape index (κ2) is 7.16. The summed E-state index contributed by atoms with van der Waals surface area (Å²) in [6, 6.07) is 2.36. The van der Waals surface area contributed by atoms with Gasteiger partial charge in [-0.25, -0.2) is 8.78 Å². The smallest absolute Gasteiger partial charge is 0.150 e. The average molecular weight is 312 g/mol. The molecule has 1 saturated carbocycles. The number of thiocarbonyl (C=S) groups is 1. The van der Waals surface area contributed by atoms with E-state index in [1.807, 2.05) is 0 Å². The second-order valence-electron chi connectivity index (χ2n) is 5.86. The molecule has 1 aromatic carbocycles. The molecule has 0 aromatic heterocycles. The Bertz CT molecular complexity index is 488. The molecule has 1 aromatic rings. The van der Waals surface area contributed by atoms with E-state index in [9.17, 15) is 8.78 Å². The fourth-order valence-corrected chi connectivity index (χ4v) is 3.09. The summed E-state index contributed by atoms with van der Waals surface area (Å²) in [6.45, 7) is 2.83. The van der Waals surface area contributed by atoms with Gasteiger partial charge in [-0.05, 0) is 36.8 Å². The number of rotatable bonds is 5. The molecule has 0 amide bonds. The van der Waals surface area contributed by atoms with Crippen LogP contribution in [-0.4, -0.2) is 11.5 Å². The molecule has 0 heterocycles. The molecule has 116 valence electrons. The predicted octanol–water partition coefficient (Wildman–Crippen LogP) is 4.23. The fraction of sp³-hybridized carbons (Fsp3) is 0.562. The summed E-state index contributed by atoms with van der Waals surface area (Å²) in [5.41, 5.74) is 5.54. The van der Waals surface area contributed by atoms with Crippen molar-refractivity contribution in [1.29, 1.82) is 0 Å². The maximum absolute atomic E-state index is 13.9. The highest BCUT2D eigenvalue weighted by atomic mass is 32.1. The van der Waals surface area contributed by atoms with Gasteiger partial charge < -0.3 is 11.1 Å². The lowest BCUT2D eigenvalue weighted by molar-refractivity contribution is 0.278. The molecule has 21 heavy (non-hydrogen) atoms. The summed E-state index contributed by atoms with van der Waals surface area (Å²) in [6.07, 6.45) is 5.91. The van der Waals surface area contributed by atoms with Crippen LogP contribution in [0.25, 0.3) is 0 Å². The summed E-state index contributed by atoms with van der Waals surface area (Å²) in [4.78, 5) is -0.00256. The number of hydrogen-bond donors (Lipinski definition) is 2. The average Bonchev–Trinajstić information content (AvgIpc) is 2.46. The minimum atomic E-state index is -0.639. The molecular formula is C16H22F2N2S. The predicted molar refractivity (Wildman–Crippen MR) is 86.5 cm³/mol. The molecule has 0 saturated heterocycles. The summed E-state index contributed by atoms with van der Waals surface area (Å²) < 4.78 is 27.8. The maximum Gasteiger partial charge on any atom is 0.150 e. The van der Waals surface area contributed by atoms with Crippen molar-refractivity contribution in [2.45, 2.75) is 39.0 Å². The van der Waals surface area contributed by atoms with Gasteiger partial charge in [0.1, 0.15) is 22.3 Å². The fourth-order valence-electron chi connectivity index (χ4n) is 2.97. The van der Waals surface area contributed by atoms with E-state index in [2.05, 4.69) is 12.2 Å². The number of benzene rings is 1. The highest BCUT2D eigenvalue weighted by Crippen LogP contribution is 2.31. The van der Waals surface area contributed by atoms with Gasteiger partial charge in [0.15, 0.2) is 0 Å². The van der Waals surface area contributed by atoms with Gasteiger partial charge in [0.25, 0.3) is 0 Å². The Kier molecular flexibility index (Phi) is 5.51. The van der Waals surface area contributed by atoms with Gasteiger partial charge in [-0.15, -0.1) is 0 Å². The van der Waals surface area contributed by atoms with E-state index < -0.39 is 11.6 Å². The van der Waals surface area contributed by atoms with Gasteiger partial charge in [-0.1, -0.05) is 38.4 Å². The van der Waals surface area contributed by atoms with Crippen LogP contribution in [0.2, 0.25) is 0 Å². The van der Waals surface area contributed by atoms with E-state index in [0.717, 1.165) is 18.8 Å². The van der Waals surface area contributed by atoms with Crippen LogP contribution in [0.3, 0.4) is 0 Å². The Balaban J connectivity index is 1.96. The highest BCUT2D eigenvalue weighted by molar-refractivity contribution is 7.80. The first kappa shape index (κ1) is 16.1. The van der Waals surface area contributed by atoms with Gasteiger partial charge in [0, 0.05) is 12.1 Å². The highest BCUT2D eigenvalue weighted by Gasteiger charge is 2.21. The molecule has 0 bridgehead atoms. The van der Waals surface area contributed by atoms with E-state index in [-0.39, 0.29) is 16.2 Å². The third kappa shape index (κ3) is 4.13. The van der Waals surface area contributed by atoms with Crippen molar-refractivity contribution >= 4 is 22.9 Å². The van der Waals surface area contributed by atoms with Crippen LogP contribution in [0.1, 0.15) is 44.6 Å². The topological polar surface area (TPSA) is 38.0 Å². The Hall–Kier alpha value is -1.23. The minimum Gasteiger partial charge on any atom is -0.389 e. The number of hydrogen-bond acceptors (Lipinski definition) is 2. The zero-order chi connectivity index (χ0) is 15.4. The van der Waals surface area contributed by atoms with Crippen molar-refractivity contribution in [1.82, 2.24) is 0 Å². The first-order valence-electron chi connectivity index (χ1n) is 7.54. The largest absolute Gasteiger partial charge is 0.389 e. The molecule has 1 aliphatic carbocycles.